The predicted octanol–water partition coefficient (Wildman–Crippen LogP) is 4.86. The Hall–Kier alpha value is -4.77. The van der Waals surface area contributed by atoms with E-state index in [1.807, 2.05) is 0 Å². The van der Waals surface area contributed by atoms with Gasteiger partial charge in [0, 0.05) is 38.8 Å². The Morgan fingerprint density at radius 2 is 1.69 bits per heavy atom. The number of carbonyl (C=O) groups is 4. The first-order valence-corrected chi connectivity index (χ1v) is 16.9. The second-order valence-electron chi connectivity index (χ2n) is 12.8. The molecular weight excluding hydrogens is 695 g/mol. The fourth-order valence-corrected chi connectivity index (χ4v) is 6.28. The van der Waals surface area contributed by atoms with Gasteiger partial charge < -0.3 is 49.1 Å². The van der Waals surface area contributed by atoms with Crippen molar-refractivity contribution in [3.63, 3.8) is 0 Å². The maximum absolute atomic E-state index is 13.0. The lowest BCUT2D eigenvalue weighted by molar-refractivity contribution is -0.329. The predicted molar refractivity (Wildman–Crippen MR) is 174 cm³/mol. The largest absolute Gasteiger partial charge is 0.467 e. The van der Waals surface area contributed by atoms with Crippen LogP contribution >= 0.6 is 0 Å². The topological polar surface area (TPSA) is 169 Å². The molecule has 0 radical (unpaired) electrons. The van der Waals surface area contributed by atoms with E-state index in [1.165, 1.54) is 26.2 Å². The first kappa shape index (κ1) is 38.5. The summed E-state index contributed by atoms with van der Waals surface area (Å²) < 4.78 is 78.5. The molecule has 5 rings (SSSR count). The quantitative estimate of drug-likeness (QED) is 0.201. The Balaban J connectivity index is 1.17. The standard InChI is InChI=1S/C35H42F3N3O11/c1-21(31(43)46-2)41-30(42)11-9-25-15-27(50-33(45)40-18-23-8-10-28-29(14-23)49-20-48-28)16-34(51-25)12-4-7-26(52-34)19-47-32(44)39-17-22-5-3-6-24(13-22)35(36,37)38/h3,5-6,8,10,13-14,21,25-27H,4,7,9,11-12,15-20H2,1-2H3,(H,39,44)(H,40,45)(H,41,42)/t21-,25+,26+,27+,34-/m0/s1. The number of halogens is 3. The van der Waals surface area contributed by atoms with E-state index in [-0.39, 0.29) is 57.7 Å². The van der Waals surface area contributed by atoms with E-state index < -0.39 is 65.9 Å². The van der Waals surface area contributed by atoms with Crippen LogP contribution in [0.15, 0.2) is 42.5 Å². The van der Waals surface area contributed by atoms with Gasteiger partial charge in [0.05, 0.1) is 24.9 Å². The summed E-state index contributed by atoms with van der Waals surface area (Å²) in [7, 11) is 1.22. The molecule has 5 atom stereocenters. The molecule has 0 aromatic heterocycles. The molecule has 1 spiro atoms. The van der Waals surface area contributed by atoms with Crippen LogP contribution in [0.25, 0.3) is 0 Å². The number of alkyl halides is 3. The van der Waals surface area contributed by atoms with Crippen LogP contribution in [0.1, 0.15) is 68.6 Å². The maximum atomic E-state index is 13.0. The minimum absolute atomic E-state index is 0.00367. The number of ether oxygens (including phenoxy) is 7. The summed E-state index contributed by atoms with van der Waals surface area (Å²) in [5.41, 5.74) is 0.195. The van der Waals surface area contributed by atoms with Crippen molar-refractivity contribution in [1.82, 2.24) is 16.0 Å². The number of esters is 1. The molecule has 17 heteroatoms. The van der Waals surface area contributed by atoms with E-state index in [2.05, 4.69) is 20.7 Å². The zero-order chi connectivity index (χ0) is 37.3. The molecule has 3 aliphatic rings. The lowest BCUT2D eigenvalue weighted by Gasteiger charge is -2.47. The average molecular weight is 738 g/mol. The van der Waals surface area contributed by atoms with Gasteiger partial charge in [-0.15, -0.1) is 0 Å². The fourth-order valence-electron chi connectivity index (χ4n) is 6.28. The number of alkyl carbamates (subject to hydrolysis) is 2. The summed E-state index contributed by atoms with van der Waals surface area (Å²) >= 11 is 0. The summed E-state index contributed by atoms with van der Waals surface area (Å²) in [6.07, 6.45) is -5.62. The molecule has 3 amide bonds. The van der Waals surface area contributed by atoms with Crippen molar-refractivity contribution in [3.05, 3.63) is 59.2 Å². The number of carbonyl (C=O) groups excluding carboxylic acids is 4. The molecule has 2 aromatic rings. The lowest BCUT2D eigenvalue weighted by atomic mass is 9.90. The Labute approximate surface area is 297 Å². The molecule has 3 N–H and O–H groups in total. The normalized spacial score (nSPS) is 22.9. The molecule has 2 saturated heterocycles. The molecule has 3 heterocycles. The number of amides is 3. The van der Waals surface area contributed by atoms with Gasteiger partial charge >= 0.3 is 24.3 Å². The first-order chi connectivity index (χ1) is 24.8. The van der Waals surface area contributed by atoms with Crippen molar-refractivity contribution < 1.29 is 65.5 Å². The summed E-state index contributed by atoms with van der Waals surface area (Å²) in [6, 6.07) is 9.07. The third-order valence-electron chi connectivity index (χ3n) is 8.78. The summed E-state index contributed by atoms with van der Waals surface area (Å²) in [5, 5.41) is 7.77. The number of hydrogen-bond acceptors (Lipinski definition) is 11. The molecule has 52 heavy (non-hydrogen) atoms. The summed E-state index contributed by atoms with van der Waals surface area (Å²) in [5.74, 6) is -1.01. The van der Waals surface area contributed by atoms with Crippen LogP contribution in [-0.2, 0) is 52.5 Å². The van der Waals surface area contributed by atoms with Crippen molar-refractivity contribution in [2.24, 2.45) is 0 Å². The monoisotopic (exact) mass is 737 g/mol. The van der Waals surface area contributed by atoms with E-state index >= 15 is 0 Å². The van der Waals surface area contributed by atoms with E-state index in [1.54, 1.807) is 18.2 Å². The van der Waals surface area contributed by atoms with E-state index in [0.29, 0.717) is 30.8 Å². The van der Waals surface area contributed by atoms with Crippen LogP contribution in [0, 0.1) is 0 Å². The lowest BCUT2D eigenvalue weighted by Crippen LogP contribution is -2.53. The Bertz CT molecular complexity index is 1590. The highest BCUT2D eigenvalue weighted by molar-refractivity contribution is 5.84. The second kappa shape index (κ2) is 17.2. The first-order valence-electron chi connectivity index (χ1n) is 16.9. The van der Waals surface area contributed by atoms with Crippen molar-refractivity contribution >= 4 is 24.1 Å². The highest BCUT2D eigenvalue weighted by Crippen LogP contribution is 2.41. The van der Waals surface area contributed by atoms with Crippen LogP contribution < -0.4 is 25.4 Å². The van der Waals surface area contributed by atoms with E-state index in [4.69, 9.17) is 28.4 Å². The third kappa shape index (κ3) is 10.9. The van der Waals surface area contributed by atoms with Crippen molar-refractivity contribution in [2.75, 3.05) is 20.5 Å². The van der Waals surface area contributed by atoms with Crippen LogP contribution in [0.5, 0.6) is 11.5 Å². The highest BCUT2D eigenvalue weighted by atomic mass is 19.4. The molecule has 14 nitrogen and oxygen atoms in total. The van der Waals surface area contributed by atoms with Gasteiger partial charge in [0.2, 0.25) is 12.7 Å². The number of hydrogen-bond donors (Lipinski definition) is 3. The third-order valence-corrected chi connectivity index (χ3v) is 8.78. The summed E-state index contributed by atoms with van der Waals surface area (Å²) in [4.78, 5) is 49.8. The number of fused-ring (bicyclic) bond motifs is 1. The van der Waals surface area contributed by atoms with Gasteiger partial charge in [-0.25, -0.2) is 14.4 Å². The van der Waals surface area contributed by atoms with Gasteiger partial charge in [-0.05, 0) is 61.6 Å². The Morgan fingerprint density at radius 3 is 2.46 bits per heavy atom. The molecule has 2 fully saturated rings. The number of methoxy groups -OCH3 is 1. The average Bonchev–Trinajstić information content (AvgIpc) is 3.59. The van der Waals surface area contributed by atoms with Crippen molar-refractivity contribution in [2.45, 2.75) is 101 Å². The molecular formula is C35H42F3N3O11. The number of benzene rings is 2. The molecule has 0 bridgehead atoms. The maximum Gasteiger partial charge on any atom is 0.416 e. The minimum Gasteiger partial charge on any atom is -0.467 e. The smallest absolute Gasteiger partial charge is 0.416 e. The SMILES string of the molecule is COC(=O)[C@H](C)NC(=O)CC[C@@H]1C[C@@H](OC(=O)NCc2ccc3c(c2)OCO3)C[C@@]2(CCC[C@H](COC(=O)NCc3cccc(C(F)(F)F)c3)O2)O1. The zero-order valence-electron chi connectivity index (χ0n) is 28.8. The van der Waals surface area contributed by atoms with Crippen LogP contribution in [-0.4, -0.2) is 74.7 Å². The van der Waals surface area contributed by atoms with Crippen LogP contribution in [0.2, 0.25) is 0 Å². The molecule has 284 valence electrons. The van der Waals surface area contributed by atoms with Gasteiger partial charge in [0.15, 0.2) is 17.3 Å². The minimum atomic E-state index is -4.51. The molecule has 0 saturated carbocycles. The highest BCUT2D eigenvalue weighted by Gasteiger charge is 2.47. The zero-order valence-corrected chi connectivity index (χ0v) is 28.8. The fraction of sp³-hybridized carbons (Fsp3) is 0.543. The van der Waals surface area contributed by atoms with Gasteiger partial charge in [-0.2, -0.15) is 13.2 Å². The van der Waals surface area contributed by atoms with Gasteiger partial charge in [0.1, 0.15) is 18.8 Å². The Morgan fingerprint density at radius 1 is 0.962 bits per heavy atom. The molecule has 3 aliphatic heterocycles. The second-order valence-corrected chi connectivity index (χ2v) is 12.8. The van der Waals surface area contributed by atoms with Gasteiger partial charge in [0.25, 0.3) is 0 Å². The van der Waals surface area contributed by atoms with Gasteiger partial charge in [-0.3, -0.25) is 4.79 Å². The van der Waals surface area contributed by atoms with Crippen molar-refractivity contribution in [1.29, 1.82) is 0 Å². The summed E-state index contributed by atoms with van der Waals surface area (Å²) in [6.45, 7) is 1.45. The van der Waals surface area contributed by atoms with E-state index in [0.717, 1.165) is 17.7 Å². The Kier molecular flexibility index (Phi) is 12.7. The van der Waals surface area contributed by atoms with Gasteiger partial charge in [-0.1, -0.05) is 18.2 Å². The molecule has 0 aliphatic carbocycles. The molecule has 0 unspecified atom stereocenters. The van der Waals surface area contributed by atoms with Crippen LogP contribution in [0.4, 0.5) is 22.8 Å². The van der Waals surface area contributed by atoms with E-state index in [9.17, 15) is 32.3 Å². The number of nitrogens with one attached hydrogen (secondary N) is 3. The number of rotatable bonds is 12. The van der Waals surface area contributed by atoms with Crippen molar-refractivity contribution in [3.8, 4) is 11.5 Å². The van der Waals surface area contributed by atoms with Crippen LogP contribution in [0.3, 0.4) is 0 Å². The molecule has 2 aromatic carbocycles.